The zero-order chi connectivity index (χ0) is 19.6. The number of nitro groups is 6. The van der Waals surface area contributed by atoms with Gasteiger partial charge >= 0.3 is 33.2 Å². The van der Waals surface area contributed by atoms with E-state index in [4.69, 9.17) is 0 Å². The van der Waals surface area contributed by atoms with Crippen molar-refractivity contribution < 1.29 is 29.5 Å². The Balaban J connectivity index is 1.94. The Kier molecular flexibility index (Phi) is 1.58. The van der Waals surface area contributed by atoms with E-state index in [1.54, 1.807) is 0 Å². The van der Waals surface area contributed by atoms with Crippen molar-refractivity contribution in [3.8, 4) is 0 Å². The molecule has 6 saturated carbocycles. The third-order valence-electron chi connectivity index (χ3n) is 7.72. The molecule has 136 valence electrons. The Morgan fingerprint density at radius 2 is 0.500 bits per heavy atom. The smallest absolute Gasteiger partial charge is 0.263 e. The van der Waals surface area contributed by atoms with Gasteiger partial charge in [0.25, 0.3) is 0 Å². The summed E-state index contributed by atoms with van der Waals surface area (Å²) in [6.45, 7) is 0. The predicted octanol–water partition coefficient (Wildman–Crippen LogP) is -2.62. The molecule has 0 saturated heterocycles. The lowest BCUT2D eigenvalue weighted by atomic mass is 8.86. The Morgan fingerprint density at radius 3 is 0.577 bits per heavy atom. The van der Waals surface area contributed by atoms with Gasteiger partial charge in [-0.2, -0.15) is 0 Å². The summed E-state index contributed by atoms with van der Waals surface area (Å²) in [6, 6.07) is 0. The molecule has 0 heterocycles. The van der Waals surface area contributed by atoms with Gasteiger partial charge in [-0.15, -0.1) is 0 Å². The Hall–Kier alpha value is -3.60. The molecule has 0 aromatic rings. The molecule has 0 aromatic carbocycles. The first-order chi connectivity index (χ1) is 11.9. The maximum absolute atomic E-state index is 11.6. The Bertz CT molecular complexity index is 771. The second kappa shape index (κ2) is 2.80. The van der Waals surface area contributed by atoms with E-state index in [2.05, 4.69) is 0 Å². The molecule has 0 spiro atoms. The molecule has 6 fully saturated rings. The fourth-order valence-electron chi connectivity index (χ4n) is 8.03. The van der Waals surface area contributed by atoms with Crippen molar-refractivity contribution in [3.63, 3.8) is 0 Å². The third-order valence-corrected chi connectivity index (χ3v) is 7.72. The van der Waals surface area contributed by atoms with Gasteiger partial charge in [-0.3, -0.25) is 60.7 Å². The van der Waals surface area contributed by atoms with E-state index in [0.717, 1.165) is 0 Å². The Labute approximate surface area is 136 Å². The van der Waals surface area contributed by atoms with Crippen LogP contribution < -0.4 is 0 Å². The van der Waals surface area contributed by atoms with E-state index in [9.17, 15) is 60.7 Å². The van der Waals surface area contributed by atoms with Crippen LogP contribution in [-0.4, -0.2) is 62.8 Å². The van der Waals surface area contributed by atoms with Crippen LogP contribution in [0, 0.1) is 72.5 Å². The van der Waals surface area contributed by atoms with Crippen molar-refractivity contribution in [2.45, 2.75) is 33.2 Å². The topological polar surface area (TPSA) is 259 Å². The van der Waals surface area contributed by atoms with E-state index in [0.29, 0.717) is 0 Å². The molecule has 0 radical (unpaired) electrons. The minimum absolute atomic E-state index is 1.47. The zero-order valence-corrected chi connectivity index (χ0v) is 11.7. The molecule has 0 N–H and O–H groups in total. The number of hydrogen-bond acceptors (Lipinski definition) is 12. The minimum Gasteiger partial charge on any atom is -0.263 e. The van der Waals surface area contributed by atoms with Crippen molar-refractivity contribution in [2.75, 3.05) is 0 Å². The minimum atomic E-state index is -3.21. The highest BCUT2D eigenvalue weighted by Gasteiger charge is 3.61. The summed E-state index contributed by atoms with van der Waals surface area (Å²) in [5.41, 5.74) is -19.3. The summed E-state index contributed by atoms with van der Waals surface area (Å²) in [7, 11) is 0. The second-order valence-corrected chi connectivity index (χ2v) is 7.01. The van der Waals surface area contributed by atoms with Gasteiger partial charge in [-0.1, -0.05) is 0 Å². The molecule has 0 unspecified atom stereocenters. The lowest BCUT2D eigenvalue weighted by Gasteiger charge is -2.96. The van der Waals surface area contributed by atoms with Gasteiger partial charge in [-0.05, 0) is 0 Å². The molecule has 0 atom stereocenters. The average Bonchev–Trinajstić information content (AvgIpc) is 2.49. The summed E-state index contributed by atoms with van der Waals surface area (Å²) in [4.78, 5) is 60.7. The monoisotopic (exact) mass is 374 g/mol. The molecular formula is C8H2N6O12. The summed E-state index contributed by atoms with van der Waals surface area (Å²) >= 11 is 0. The molecule has 26 heavy (non-hydrogen) atoms. The van der Waals surface area contributed by atoms with E-state index in [-0.39, 0.29) is 0 Å². The highest BCUT2D eigenvalue weighted by atomic mass is 16.7. The molecule has 6 aliphatic rings. The molecule has 0 amide bonds. The van der Waals surface area contributed by atoms with Crippen LogP contribution in [0.1, 0.15) is 0 Å². The number of rotatable bonds is 6. The number of nitrogens with zero attached hydrogens (tertiary/aromatic N) is 6. The Morgan fingerprint density at radius 1 is 0.385 bits per heavy atom. The van der Waals surface area contributed by atoms with E-state index < -0.39 is 74.6 Å². The first kappa shape index (κ1) is 14.7. The van der Waals surface area contributed by atoms with Crippen molar-refractivity contribution in [1.29, 1.82) is 0 Å². The standard InChI is InChI=1S/C8H2N6O12/c15-9(16)3-1-4(10(17)18)6(3,12(21)22)2-7(3,13(23)24)5(1,11(19)20)8(2,4)14(25)26/h1-2H. The van der Waals surface area contributed by atoms with Crippen LogP contribution in [0.3, 0.4) is 0 Å². The van der Waals surface area contributed by atoms with E-state index >= 15 is 0 Å². The lowest BCUT2D eigenvalue weighted by Crippen LogP contribution is -3.45. The normalized spacial score (nSPS) is 57.7. The molecule has 0 aliphatic heterocycles. The van der Waals surface area contributed by atoms with Gasteiger partial charge < -0.3 is 0 Å². The largest absolute Gasteiger partial charge is 0.393 e. The highest BCUT2D eigenvalue weighted by molar-refractivity contribution is 5.83. The van der Waals surface area contributed by atoms with E-state index in [1.165, 1.54) is 0 Å². The quantitative estimate of drug-likeness (QED) is 0.341. The maximum atomic E-state index is 11.6. The number of hydrogen-bond donors (Lipinski definition) is 0. The van der Waals surface area contributed by atoms with Crippen LogP contribution in [0.15, 0.2) is 0 Å². The van der Waals surface area contributed by atoms with Crippen LogP contribution in [0.5, 0.6) is 0 Å². The van der Waals surface area contributed by atoms with Gasteiger partial charge in [0, 0.05) is 29.5 Å². The second-order valence-electron chi connectivity index (χ2n) is 7.01. The fourth-order valence-corrected chi connectivity index (χ4v) is 8.03. The molecule has 18 nitrogen and oxygen atoms in total. The summed E-state index contributed by atoms with van der Waals surface area (Å²) in [5.74, 6) is -4.82. The summed E-state index contributed by atoms with van der Waals surface area (Å²) in [5, 5.41) is 69.5. The van der Waals surface area contributed by atoms with Gasteiger partial charge in [-0.25, -0.2) is 0 Å². The van der Waals surface area contributed by atoms with Gasteiger partial charge in [0.1, 0.15) is 0 Å². The van der Waals surface area contributed by atoms with Gasteiger partial charge in [0.15, 0.2) is 0 Å². The van der Waals surface area contributed by atoms with Crippen molar-refractivity contribution in [3.05, 3.63) is 60.7 Å². The molecule has 18 heteroatoms. The zero-order valence-electron chi connectivity index (χ0n) is 11.7. The van der Waals surface area contributed by atoms with E-state index in [1.807, 2.05) is 0 Å². The van der Waals surface area contributed by atoms with Gasteiger partial charge in [0.05, 0.1) is 0 Å². The molecule has 0 bridgehead atoms. The summed E-state index contributed by atoms with van der Waals surface area (Å²) < 4.78 is 0. The van der Waals surface area contributed by atoms with Crippen molar-refractivity contribution >= 4 is 0 Å². The summed E-state index contributed by atoms with van der Waals surface area (Å²) in [6.07, 6.45) is 0. The molecule has 0 aromatic heterocycles. The average molecular weight is 374 g/mol. The first-order valence-electron chi connectivity index (χ1n) is 6.76. The van der Waals surface area contributed by atoms with Crippen molar-refractivity contribution in [1.82, 2.24) is 0 Å². The van der Waals surface area contributed by atoms with Crippen LogP contribution in [0.4, 0.5) is 0 Å². The van der Waals surface area contributed by atoms with Gasteiger partial charge in [0.2, 0.25) is 11.8 Å². The van der Waals surface area contributed by atoms with Crippen LogP contribution in [0.2, 0.25) is 0 Å². The lowest BCUT2D eigenvalue weighted by molar-refractivity contribution is -1.10. The molecule has 6 rings (SSSR count). The van der Waals surface area contributed by atoms with Crippen LogP contribution in [0.25, 0.3) is 0 Å². The SMILES string of the molecule is O=[N+]([O-])C12C3C4([N+](=O)[O-])C1([N+](=O)[O-])C1C2([N+](=O)[O-])C3([N+](=O)[O-])C14[N+](=O)[O-]. The van der Waals surface area contributed by atoms with Crippen LogP contribution in [-0.2, 0) is 0 Å². The highest BCUT2D eigenvalue weighted by Crippen LogP contribution is 3.11. The molecular weight excluding hydrogens is 372 g/mol. The van der Waals surface area contributed by atoms with Crippen molar-refractivity contribution in [2.24, 2.45) is 11.8 Å². The predicted molar refractivity (Wildman–Crippen MR) is 65.3 cm³/mol. The fraction of sp³-hybridized carbons (Fsp3) is 1.00. The third kappa shape index (κ3) is 0.512. The maximum Gasteiger partial charge on any atom is 0.393 e. The molecule has 6 aliphatic carbocycles. The van der Waals surface area contributed by atoms with Crippen LogP contribution >= 0.6 is 0 Å². The first-order valence-corrected chi connectivity index (χ1v) is 6.76.